The first-order valence-corrected chi connectivity index (χ1v) is 10.1. The fraction of sp³-hybridized carbons (Fsp3) is 0.947. The molecule has 0 aromatic carbocycles. The van der Waals surface area contributed by atoms with Crippen LogP contribution in [0.1, 0.15) is 59.3 Å². The SMILES string of the molecule is CN=C(NCCCN1CCCCC1C)NC1CCN(C(C)C)CC1. The highest BCUT2D eigenvalue weighted by molar-refractivity contribution is 5.79. The third-order valence-corrected chi connectivity index (χ3v) is 5.68. The highest BCUT2D eigenvalue weighted by Gasteiger charge is 2.21. The fourth-order valence-electron chi connectivity index (χ4n) is 3.93. The average Bonchev–Trinajstić information content (AvgIpc) is 2.59. The van der Waals surface area contributed by atoms with Crippen LogP contribution in [-0.2, 0) is 0 Å². The fourth-order valence-corrected chi connectivity index (χ4v) is 3.93. The molecular formula is C19H39N5. The first-order valence-electron chi connectivity index (χ1n) is 10.1. The summed E-state index contributed by atoms with van der Waals surface area (Å²) in [4.78, 5) is 9.61. The van der Waals surface area contributed by atoms with Crippen LogP contribution < -0.4 is 10.6 Å². The molecule has 2 aliphatic rings. The van der Waals surface area contributed by atoms with Crippen molar-refractivity contribution in [2.75, 3.05) is 39.8 Å². The minimum absolute atomic E-state index is 0.563. The summed E-state index contributed by atoms with van der Waals surface area (Å²) >= 11 is 0. The number of hydrogen-bond acceptors (Lipinski definition) is 3. The molecule has 0 aliphatic carbocycles. The van der Waals surface area contributed by atoms with E-state index in [1.54, 1.807) is 0 Å². The molecule has 2 heterocycles. The molecule has 0 bridgehead atoms. The number of aliphatic imine (C=N–C) groups is 1. The molecule has 1 atom stereocenters. The molecule has 2 fully saturated rings. The number of guanidine groups is 1. The van der Waals surface area contributed by atoms with Crippen LogP contribution in [0.25, 0.3) is 0 Å². The quantitative estimate of drug-likeness (QED) is 0.443. The van der Waals surface area contributed by atoms with Gasteiger partial charge in [-0.3, -0.25) is 4.99 Å². The van der Waals surface area contributed by atoms with Crippen molar-refractivity contribution in [3.8, 4) is 0 Å². The minimum atomic E-state index is 0.563. The molecule has 0 aromatic heterocycles. The predicted molar refractivity (Wildman–Crippen MR) is 104 cm³/mol. The highest BCUT2D eigenvalue weighted by atomic mass is 15.2. The number of nitrogens with one attached hydrogen (secondary N) is 2. The molecule has 2 rings (SSSR count). The molecule has 0 spiro atoms. The van der Waals surface area contributed by atoms with Crippen LogP contribution in [-0.4, -0.2) is 73.7 Å². The molecule has 2 N–H and O–H groups in total. The van der Waals surface area contributed by atoms with Gasteiger partial charge in [-0.25, -0.2) is 0 Å². The summed E-state index contributed by atoms with van der Waals surface area (Å²) in [6.07, 6.45) is 7.76. The zero-order valence-electron chi connectivity index (χ0n) is 16.4. The van der Waals surface area contributed by atoms with E-state index in [4.69, 9.17) is 0 Å². The van der Waals surface area contributed by atoms with Gasteiger partial charge in [-0.1, -0.05) is 6.42 Å². The van der Waals surface area contributed by atoms with Crippen LogP contribution in [0.5, 0.6) is 0 Å². The topological polar surface area (TPSA) is 42.9 Å². The Morgan fingerprint density at radius 3 is 2.50 bits per heavy atom. The van der Waals surface area contributed by atoms with E-state index in [2.05, 4.69) is 46.2 Å². The standard InChI is InChI=1S/C19H39N5/c1-16(2)23-14-9-18(10-15-23)22-19(20-4)21-11-7-13-24-12-6-5-8-17(24)3/h16-18H,5-15H2,1-4H3,(H2,20,21,22). The van der Waals surface area contributed by atoms with Crippen molar-refractivity contribution in [2.45, 2.75) is 77.4 Å². The lowest BCUT2D eigenvalue weighted by atomic mass is 10.0. The van der Waals surface area contributed by atoms with Gasteiger partial charge in [-0.2, -0.15) is 0 Å². The number of hydrogen-bond donors (Lipinski definition) is 2. The summed E-state index contributed by atoms with van der Waals surface area (Å²) in [7, 11) is 1.88. The van der Waals surface area contributed by atoms with Gasteiger partial charge in [0.1, 0.15) is 0 Å². The van der Waals surface area contributed by atoms with Crippen LogP contribution in [0.3, 0.4) is 0 Å². The van der Waals surface area contributed by atoms with E-state index in [0.29, 0.717) is 12.1 Å². The summed E-state index contributed by atoms with van der Waals surface area (Å²) in [5, 5.41) is 7.11. The van der Waals surface area contributed by atoms with Crippen LogP contribution >= 0.6 is 0 Å². The zero-order chi connectivity index (χ0) is 17.4. The van der Waals surface area contributed by atoms with Gasteiger partial charge in [0.15, 0.2) is 5.96 Å². The Hall–Kier alpha value is -0.810. The van der Waals surface area contributed by atoms with Crippen molar-refractivity contribution in [2.24, 2.45) is 4.99 Å². The maximum atomic E-state index is 4.40. The largest absolute Gasteiger partial charge is 0.356 e. The Morgan fingerprint density at radius 1 is 1.12 bits per heavy atom. The second-order valence-corrected chi connectivity index (χ2v) is 7.78. The summed E-state index contributed by atoms with van der Waals surface area (Å²) < 4.78 is 0. The molecule has 0 saturated carbocycles. The number of rotatable bonds is 6. The van der Waals surface area contributed by atoms with E-state index in [0.717, 1.165) is 18.5 Å². The maximum absolute atomic E-state index is 4.40. The van der Waals surface area contributed by atoms with Crippen molar-refractivity contribution in [1.82, 2.24) is 20.4 Å². The first-order chi connectivity index (χ1) is 11.6. The van der Waals surface area contributed by atoms with Crippen molar-refractivity contribution in [1.29, 1.82) is 0 Å². The van der Waals surface area contributed by atoms with Crippen molar-refractivity contribution in [3.63, 3.8) is 0 Å². The van der Waals surface area contributed by atoms with Crippen molar-refractivity contribution in [3.05, 3.63) is 0 Å². The molecule has 5 heteroatoms. The van der Waals surface area contributed by atoms with Crippen LogP contribution in [0, 0.1) is 0 Å². The lowest BCUT2D eigenvalue weighted by molar-refractivity contribution is 0.159. The smallest absolute Gasteiger partial charge is 0.191 e. The molecule has 24 heavy (non-hydrogen) atoms. The monoisotopic (exact) mass is 337 g/mol. The first kappa shape index (κ1) is 19.5. The van der Waals surface area contributed by atoms with Gasteiger partial charge in [0.2, 0.25) is 0 Å². The van der Waals surface area contributed by atoms with Gasteiger partial charge in [0, 0.05) is 51.4 Å². The van der Waals surface area contributed by atoms with E-state index < -0.39 is 0 Å². The molecule has 0 amide bonds. The van der Waals surface area contributed by atoms with Crippen LogP contribution in [0.2, 0.25) is 0 Å². The second-order valence-electron chi connectivity index (χ2n) is 7.78. The molecule has 140 valence electrons. The predicted octanol–water partition coefficient (Wildman–Crippen LogP) is 2.29. The van der Waals surface area contributed by atoms with E-state index in [1.807, 2.05) is 7.05 Å². The Bertz CT molecular complexity index is 374. The lowest BCUT2D eigenvalue weighted by Crippen LogP contribution is -2.50. The maximum Gasteiger partial charge on any atom is 0.191 e. The van der Waals surface area contributed by atoms with Gasteiger partial charge >= 0.3 is 0 Å². The normalized spacial score (nSPS) is 25.2. The summed E-state index contributed by atoms with van der Waals surface area (Å²) in [6, 6.07) is 2.00. The van der Waals surface area contributed by atoms with Crippen molar-refractivity contribution < 1.29 is 0 Å². The summed E-state index contributed by atoms with van der Waals surface area (Å²) in [6.45, 7) is 12.8. The molecule has 0 radical (unpaired) electrons. The number of likely N-dealkylation sites (tertiary alicyclic amines) is 2. The van der Waals surface area contributed by atoms with Crippen LogP contribution in [0.15, 0.2) is 4.99 Å². The minimum Gasteiger partial charge on any atom is -0.356 e. The average molecular weight is 338 g/mol. The molecule has 0 aromatic rings. The molecule has 2 aliphatic heterocycles. The molecule has 2 saturated heterocycles. The Labute approximate surface area is 149 Å². The van der Waals surface area contributed by atoms with Gasteiger partial charge in [-0.05, 0) is 59.4 Å². The summed E-state index contributed by atoms with van der Waals surface area (Å²) in [5.41, 5.74) is 0. The van der Waals surface area contributed by atoms with Gasteiger partial charge in [0.25, 0.3) is 0 Å². The Balaban J connectivity index is 1.61. The van der Waals surface area contributed by atoms with Crippen LogP contribution in [0.4, 0.5) is 0 Å². The lowest BCUT2D eigenvalue weighted by Gasteiger charge is -2.35. The van der Waals surface area contributed by atoms with E-state index in [1.165, 1.54) is 64.7 Å². The molecule has 1 unspecified atom stereocenters. The Kier molecular flexibility index (Phi) is 8.33. The number of nitrogens with zero attached hydrogens (tertiary/aromatic N) is 3. The Morgan fingerprint density at radius 2 is 1.88 bits per heavy atom. The molecular weight excluding hydrogens is 298 g/mol. The second kappa shape index (κ2) is 10.2. The third kappa shape index (κ3) is 6.25. The van der Waals surface area contributed by atoms with E-state index in [-0.39, 0.29) is 0 Å². The number of piperidine rings is 2. The van der Waals surface area contributed by atoms with E-state index >= 15 is 0 Å². The van der Waals surface area contributed by atoms with Gasteiger partial charge < -0.3 is 20.4 Å². The molecule has 5 nitrogen and oxygen atoms in total. The van der Waals surface area contributed by atoms with Gasteiger partial charge in [-0.15, -0.1) is 0 Å². The third-order valence-electron chi connectivity index (χ3n) is 5.68. The zero-order valence-corrected chi connectivity index (χ0v) is 16.4. The highest BCUT2D eigenvalue weighted by Crippen LogP contribution is 2.16. The van der Waals surface area contributed by atoms with Crippen molar-refractivity contribution >= 4 is 5.96 Å². The van der Waals surface area contributed by atoms with Gasteiger partial charge in [0.05, 0.1) is 0 Å². The summed E-state index contributed by atoms with van der Waals surface area (Å²) in [5.74, 6) is 0.977. The van der Waals surface area contributed by atoms with E-state index in [9.17, 15) is 0 Å².